The Balaban J connectivity index is 2.45. The van der Waals surface area contributed by atoms with Gasteiger partial charge in [0.15, 0.2) is 0 Å². The maximum absolute atomic E-state index is 12.9. The fraction of sp³-hybridized carbons (Fsp3) is 0.417. The predicted molar refractivity (Wildman–Crippen MR) is 70.1 cm³/mol. The zero-order valence-electron chi connectivity index (χ0n) is 10.6. The number of unbranched alkanes of at least 4 members (excludes halogenated alkanes) is 2. The second kappa shape index (κ2) is 7.56. The molecule has 0 atom stereocenters. The van der Waals surface area contributed by atoms with Crippen molar-refractivity contribution < 1.29 is 22.7 Å². The molecule has 0 amide bonds. The number of sulfonamides is 1. The maximum Gasteiger partial charge on any atom is 0.240 e. The smallest absolute Gasteiger partial charge is 0.240 e. The first-order valence-corrected chi connectivity index (χ1v) is 7.83. The minimum absolute atomic E-state index is 0.0413. The van der Waals surface area contributed by atoms with Crippen molar-refractivity contribution >= 4 is 27.6 Å². The minimum atomic E-state index is -3.73. The molecule has 0 aromatic heterocycles. The summed E-state index contributed by atoms with van der Waals surface area (Å²) in [5.74, 6) is -1.81. The van der Waals surface area contributed by atoms with Crippen LogP contribution in [0.2, 0.25) is 5.02 Å². The zero-order valence-corrected chi connectivity index (χ0v) is 12.1. The van der Waals surface area contributed by atoms with Crippen molar-refractivity contribution in [2.75, 3.05) is 6.54 Å². The Kier molecular flexibility index (Phi) is 6.38. The SMILES string of the molecule is O=C([O-])CCCCCNS(=O)(=O)c1ccc(F)c(Cl)c1. The molecule has 0 spiro atoms. The van der Waals surface area contributed by atoms with Crippen LogP contribution >= 0.6 is 11.6 Å². The second-order valence-electron chi connectivity index (χ2n) is 4.16. The van der Waals surface area contributed by atoms with Crippen molar-refractivity contribution in [2.45, 2.75) is 30.6 Å². The Hall–Kier alpha value is -1.18. The van der Waals surface area contributed by atoms with Crippen molar-refractivity contribution in [3.8, 4) is 0 Å². The van der Waals surface area contributed by atoms with Gasteiger partial charge in [0.1, 0.15) is 5.82 Å². The molecule has 0 aliphatic heterocycles. The molecule has 8 heteroatoms. The summed E-state index contributed by atoms with van der Waals surface area (Å²) in [5, 5.41) is 9.91. The van der Waals surface area contributed by atoms with E-state index in [0.29, 0.717) is 19.3 Å². The fourth-order valence-electron chi connectivity index (χ4n) is 1.50. The Morgan fingerprint density at radius 3 is 2.60 bits per heavy atom. The minimum Gasteiger partial charge on any atom is -0.550 e. The van der Waals surface area contributed by atoms with Crippen LogP contribution in [0.25, 0.3) is 0 Å². The molecule has 0 saturated heterocycles. The molecule has 1 aromatic carbocycles. The van der Waals surface area contributed by atoms with Gasteiger partial charge in [-0.1, -0.05) is 18.0 Å². The molecule has 0 unspecified atom stereocenters. The van der Waals surface area contributed by atoms with E-state index in [4.69, 9.17) is 11.6 Å². The van der Waals surface area contributed by atoms with Gasteiger partial charge in [-0.3, -0.25) is 0 Å². The second-order valence-corrected chi connectivity index (χ2v) is 6.33. The molecule has 0 aliphatic carbocycles. The van der Waals surface area contributed by atoms with E-state index in [1.54, 1.807) is 0 Å². The summed E-state index contributed by atoms with van der Waals surface area (Å²) in [7, 11) is -3.73. The molecule has 0 radical (unpaired) electrons. The summed E-state index contributed by atoms with van der Waals surface area (Å²) in [6.45, 7) is 0.171. The van der Waals surface area contributed by atoms with Crippen molar-refractivity contribution in [3.05, 3.63) is 29.0 Å². The third-order valence-corrected chi connectivity index (χ3v) is 4.30. The van der Waals surface area contributed by atoms with Crippen LogP contribution in [0.15, 0.2) is 23.1 Å². The van der Waals surface area contributed by atoms with Crippen LogP contribution < -0.4 is 9.83 Å². The third-order valence-electron chi connectivity index (χ3n) is 2.55. The summed E-state index contributed by atoms with van der Waals surface area (Å²) in [4.78, 5) is 10.1. The quantitative estimate of drug-likeness (QED) is 0.725. The van der Waals surface area contributed by atoms with E-state index in [-0.39, 0.29) is 22.9 Å². The normalized spacial score (nSPS) is 11.5. The molecule has 0 heterocycles. The number of benzene rings is 1. The topological polar surface area (TPSA) is 86.3 Å². The van der Waals surface area contributed by atoms with Gasteiger partial charge in [-0.25, -0.2) is 17.5 Å². The number of hydrogen-bond acceptors (Lipinski definition) is 4. The van der Waals surface area contributed by atoms with Crippen LogP contribution in [-0.4, -0.2) is 20.9 Å². The highest BCUT2D eigenvalue weighted by Crippen LogP contribution is 2.19. The Bertz CT molecular complexity index is 577. The number of nitrogens with one attached hydrogen (secondary N) is 1. The van der Waals surface area contributed by atoms with Gasteiger partial charge >= 0.3 is 0 Å². The summed E-state index contributed by atoms with van der Waals surface area (Å²) in [5.41, 5.74) is 0. The molecule has 5 nitrogen and oxygen atoms in total. The first-order valence-electron chi connectivity index (χ1n) is 5.97. The molecule has 1 aromatic rings. The predicted octanol–water partition coefficient (Wildman–Crippen LogP) is 1.07. The van der Waals surface area contributed by atoms with Crippen molar-refractivity contribution in [1.29, 1.82) is 0 Å². The van der Waals surface area contributed by atoms with E-state index < -0.39 is 21.8 Å². The molecule has 0 fully saturated rings. The highest BCUT2D eigenvalue weighted by molar-refractivity contribution is 7.89. The van der Waals surface area contributed by atoms with Gasteiger partial charge in [-0.2, -0.15) is 0 Å². The molecule has 112 valence electrons. The molecule has 0 aliphatic rings. The van der Waals surface area contributed by atoms with Crippen LogP contribution in [0, 0.1) is 5.82 Å². The van der Waals surface area contributed by atoms with Crippen LogP contribution in [0.1, 0.15) is 25.7 Å². The van der Waals surface area contributed by atoms with Crippen molar-refractivity contribution in [3.63, 3.8) is 0 Å². The monoisotopic (exact) mass is 322 g/mol. The van der Waals surface area contributed by atoms with Crippen LogP contribution in [-0.2, 0) is 14.8 Å². The Morgan fingerprint density at radius 2 is 2.00 bits per heavy atom. The number of carbonyl (C=O) groups excluding carboxylic acids is 1. The number of rotatable bonds is 8. The van der Waals surface area contributed by atoms with Gasteiger partial charge in [-0.05, 0) is 37.5 Å². The summed E-state index contributed by atoms with van der Waals surface area (Å²) >= 11 is 5.52. The van der Waals surface area contributed by atoms with Gasteiger partial charge in [0.05, 0.1) is 9.92 Å². The van der Waals surface area contributed by atoms with Crippen LogP contribution in [0.5, 0.6) is 0 Å². The highest BCUT2D eigenvalue weighted by Gasteiger charge is 2.14. The molecular weight excluding hydrogens is 309 g/mol. The highest BCUT2D eigenvalue weighted by atomic mass is 35.5. The number of carbonyl (C=O) groups is 1. The largest absolute Gasteiger partial charge is 0.550 e. The van der Waals surface area contributed by atoms with Crippen molar-refractivity contribution in [2.24, 2.45) is 0 Å². The first-order chi connectivity index (χ1) is 9.33. The number of carboxylic acids is 1. The Labute approximate surface area is 121 Å². The van der Waals surface area contributed by atoms with Gasteiger partial charge in [0.2, 0.25) is 10.0 Å². The van der Waals surface area contributed by atoms with E-state index >= 15 is 0 Å². The average Bonchev–Trinajstić information content (AvgIpc) is 2.36. The molecule has 1 N–H and O–H groups in total. The van der Waals surface area contributed by atoms with Crippen molar-refractivity contribution in [1.82, 2.24) is 4.72 Å². The van der Waals surface area contributed by atoms with E-state index in [1.165, 1.54) is 0 Å². The lowest BCUT2D eigenvalue weighted by atomic mass is 10.2. The number of hydrogen-bond donors (Lipinski definition) is 1. The van der Waals surface area contributed by atoms with E-state index in [0.717, 1.165) is 18.2 Å². The van der Waals surface area contributed by atoms with Gasteiger partial charge in [0, 0.05) is 12.5 Å². The lowest BCUT2D eigenvalue weighted by molar-refractivity contribution is -0.305. The lowest BCUT2D eigenvalue weighted by Crippen LogP contribution is -2.25. The molecule has 1 rings (SSSR count). The zero-order chi connectivity index (χ0) is 15.2. The van der Waals surface area contributed by atoms with Gasteiger partial charge in [0.25, 0.3) is 0 Å². The summed E-state index contributed by atoms with van der Waals surface area (Å²) in [6.07, 6.45) is 1.47. The fourth-order valence-corrected chi connectivity index (χ4v) is 2.85. The first kappa shape index (κ1) is 16.9. The number of carboxylic acid groups (broad SMARTS) is 1. The number of aliphatic carboxylic acids is 1. The van der Waals surface area contributed by atoms with E-state index in [9.17, 15) is 22.7 Å². The average molecular weight is 323 g/mol. The maximum atomic E-state index is 12.9. The van der Waals surface area contributed by atoms with Crippen LogP contribution in [0.4, 0.5) is 4.39 Å². The van der Waals surface area contributed by atoms with E-state index in [1.807, 2.05) is 0 Å². The Morgan fingerprint density at radius 1 is 1.30 bits per heavy atom. The van der Waals surface area contributed by atoms with Gasteiger partial charge < -0.3 is 9.90 Å². The molecule has 0 bridgehead atoms. The summed E-state index contributed by atoms with van der Waals surface area (Å²) < 4.78 is 39.0. The van der Waals surface area contributed by atoms with Gasteiger partial charge in [-0.15, -0.1) is 0 Å². The lowest BCUT2D eigenvalue weighted by Gasteiger charge is -2.07. The third kappa shape index (κ3) is 5.44. The standard InChI is InChI=1S/C12H15ClFNO4S/c13-10-8-9(5-6-11(10)14)20(18,19)15-7-3-1-2-4-12(16)17/h5-6,8,15H,1-4,7H2,(H,16,17)/p-1. The molecule has 20 heavy (non-hydrogen) atoms. The molecular formula is C12H14ClFNO4S-. The molecule has 0 saturated carbocycles. The number of halogens is 2. The van der Waals surface area contributed by atoms with E-state index in [2.05, 4.69) is 4.72 Å². The summed E-state index contributed by atoms with van der Waals surface area (Å²) in [6, 6.07) is 3.14. The van der Waals surface area contributed by atoms with Crippen LogP contribution in [0.3, 0.4) is 0 Å².